The maximum Gasteiger partial charge on any atom is 0.255 e. The first-order chi connectivity index (χ1) is 14.2. The van der Waals surface area contributed by atoms with Crippen LogP contribution in [0.25, 0.3) is 11.1 Å². The number of halogens is 3. The number of benzene rings is 3. The maximum absolute atomic E-state index is 14.4. The van der Waals surface area contributed by atoms with Gasteiger partial charge in [-0.15, -0.1) is 23.8 Å². The summed E-state index contributed by atoms with van der Waals surface area (Å²) in [4.78, 5) is 15.8. The van der Waals surface area contributed by atoms with Crippen LogP contribution in [0.15, 0.2) is 41.4 Å². The summed E-state index contributed by atoms with van der Waals surface area (Å²) in [5.41, 5.74) is 2.44. The number of esters is 1. The van der Waals surface area contributed by atoms with Crippen LogP contribution < -0.4 is 4.74 Å². The first-order valence-corrected chi connectivity index (χ1v) is 9.20. The van der Waals surface area contributed by atoms with Gasteiger partial charge in [0.1, 0.15) is 17.3 Å². The second-order valence-electron chi connectivity index (χ2n) is 6.71. The van der Waals surface area contributed by atoms with Crippen molar-refractivity contribution in [3.8, 4) is 16.9 Å². The molecule has 0 saturated heterocycles. The Balaban J connectivity index is 0.00000341. The van der Waals surface area contributed by atoms with E-state index >= 15 is 0 Å². The van der Waals surface area contributed by atoms with E-state index in [9.17, 15) is 18.0 Å². The van der Waals surface area contributed by atoms with Gasteiger partial charge in [-0.05, 0) is 48.8 Å². The quantitative estimate of drug-likeness (QED) is 0.120. The number of isothiocyanates is 1. The number of carbonyl (C=O) groups excluding carboxylic acids is 1. The SMILES string of the molecule is Cc1cc(C)c(-c2c[c-]c(C(=O)Oc3cc(F)c(N=C=S)c(F)c3)c(C)c2)c(F)c1.[La]. The van der Waals surface area contributed by atoms with Gasteiger partial charge in [0.25, 0.3) is 5.97 Å². The summed E-state index contributed by atoms with van der Waals surface area (Å²) in [6.07, 6.45) is 0. The molecule has 0 aliphatic rings. The van der Waals surface area contributed by atoms with Gasteiger partial charge in [0.15, 0.2) is 11.6 Å². The summed E-state index contributed by atoms with van der Waals surface area (Å²) in [5.74, 6) is -3.66. The topological polar surface area (TPSA) is 38.7 Å². The summed E-state index contributed by atoms with van der Waals surface area (Å²) in [6, 6.07) is 10.8. The molecule has 3 rings (SSSR count). The van der Waals surface area contributed by atoms with E-state index in [1.54, 1.807) is 26.8 Å². The molecule has 0 atom stereocenters. The fourth-order valence-electron chi connectivity index (χ4n) is 3.17. The van der Waals surface area contributed by atoms with Crippen LogP contribution in [0, 0.1) is 79.9 Å². The van der Waals surface area contributed by atoms with Crippen LogP contribution in [0.3, 0.4) is 0 Å². The summed E-state index contributed by atoms with van der Waals surface area (Å²) in [7, 11) is 0. The van der Waals surface area contributed by atoms with E-state index < -0.39 is 23.3 Å². The Bertz CT molecular complexity index is 1180. The molecule has 155 valence electrons. The van der Waals surface area contributed by atoms with Crippen LogP contribution >= 0.6 is 12.2 Å². The number of carbonyl (C=O) groups is 1. The van der Waals surface area contributed by atoms with Crippen LogP contribution in [0.1, 0.15) is 27.0 Å². The van der Waals surface area contributed by atoms with Crippen molar-refractivity contribution in [3.63, 3.8) is 0 Å². The molecule has 8 heteroatoms. The molecule has 0 saturated carbocycles. The van der Waals surface area contributed by atoms with Crippen LogP contribution in [0.4, 0.5) is 18.9 Å². The monoisotopic (exact) mass is 565 g/mol. The molecular weight excluding hydrogens is 550 g/mol. The van der Waals surface area contributed by atoms with E-state index in [2.05, 4.69) is 23.3 Å². The standard InChI is InChI=1S/C23H15F3NO2S.La/c1-12-6-14(3)21(18(24)7-12)15-4-5-17(13(2)8-15)23(28)29-16-9-19(25)22(27-11-30)20(26)10-16;/h4,6-10H,1-3H3;/q-1;. The third-order valence-electron chi connectivity index (χ3n) is 4.42. The largest absolute Gasteiger partial charge is 0.467 e. The molecule has 3 aromatic rings. The molecule has 1 radical (unpaired) electrons. The smallest absolute Gasteiger partial charge is 0.255 e. The number of aryl methyl sites for hydroxylation is 3. The number of aliphatic imine (C=N–C) groups is 1. The molecule has 0 amide bonds. The van der Waals surface area contributed by atoms with Crippen molar-refractivity contribution in [3.05, 3.63) is 82.2 Å². The van der Waals surface area contributed by atoms with Crippen molar-refractivity contribution < 1.29 is 58.3 Å². The van der Waals surface area contributed by atoms with Crippen molar-refractivity contribution in [1.82, 2.24) is 0 Å². The molecule has 31 heavy (non-hydrogen) atoms. The average Bonchev–Trinajstić information content (AvgIpc) is 2.64. The minimum absolute atomic E-state index is 0. The van der Waals surface area contributed by atoms with E-state index in [0.29, 0.717) is 16.7 Å². The molecule has 0 fully saturated rings. The Labute approximate surface area is 210 Å². The second kappa shape index (κ2) is 10.5. The molecule has 0 aromatic heterocycles. The predicted octanol–water partition coefficient (Wildman–Crippen LogP) is 6.45. The van der Waals surface area contributed by atoms with Crippen molar-refractivity contribution >= 4 is 29.0 Å². The molecule has 3 aromatic carbocycles. The average molecular weight is 565 g/mol. The zero-order valence-corrected chi connectivity index (χ0v) is 21.3. The van der Waals surface area contributed by atoms with Crippen molar-refractivity contribution in [2.75, 3.05) is 0 Å². The third-order valence-corrected chi connectivity index (χ3v) is 4.51. The fourth-order valence-corrected chi connectivity index (χ4v) is 3.26. The first-order valence-electron chi connectivity index (χ1n) is 8.79. The second-order valence-corrected chi connectivity index (χ2v) is 6.90. The van der Waals surface area contributed by atoms with Gasteiger partial charge < -0.3 is 9.53 Å². The van der Waals surface area contributed by atoms with E-state index in [-0.39, 0.29) is 52.7 Å². The minimum Gasteiger partial charge on any atom is -0.467 e. The number of rotatable bonds is 4. The van der Waals surface area contributed by atoms with Crippen molar-refractivity contribution in [1.29, 1.82) is 0 Å². The third kappa shape index (κ3) is 5.59. The number of thiocarbonyl (C=S) groups is 1. The van der Waals surface area contributed by atoms with Gasteiger partial charge in [0, 0.05) is 47.7 Å². The normalized spacial score (nSPS) is 10.1. The summed E-state index contributed by atoms with van der Waals surface area (Å²) >= 11 is 4.34. The van der Waals surface area contributed by atoms with Gasteiger partial charge >= 0.3 is 0 Å². The van der Waals surface area contributed by atoms with E-state index in [4.69, 9.17) is 4.74 Å². The van der Waals surface area contributed by atoms with Crippen LogP contribution in [-0.4, -0.2) is 11.1 Å². The molecule has 0 aliphatic heterocycles. The number of nitrogens with zero attached hydrogens (tertiary/aromatic N) is 1. The Morgan fingerprint density at radius 3 is 2.19 bits per heavy atom. The summed E-state index contributed by atoms with van der Waals surface area (Å²) in [6.45, 7) is 5.23. The van der Waals surface area contributed by atoms with Crippen LogP contribution in [-0.2, 0) is 0 Å². The van der Waals surface area contributed by atoms with Gasteiger partial charge in [-0.2, -0.15) is 4.99 Å². The molecule has 0 aliphatic carbocycles. The van der Waals surface area contributed by atoms with E-state index in [1.807, 2.05) is 11.2 Å². The van der Waals surface area contributed by atoms with Crippen molar-refractivity contribution in [2.45, 2.75) is 20.8 Å². The van der Waals surface area contributed by atoms with Gasteiger partial charge in [-0.1, -0.05) is 24.1 Å². The zero-order chi connectivity index (χ0) is 22.0. The maximum atomic E-state index is 14.4. The van der Waals surface area contributed by atoms with Crippen LogP contribution in [0.2, 0.25) is 0 Å². The number of hydrogen-bond donors (Lipinski definition) is 0. The molecule has 0 heterocycles. The summed E-state index contributed by atoms with van der Waals surface area (Å²) in [5, 5.41) is 1.88. The van der Waals surface area contributed by atoms with Gasteiger partial charge in [-0.3, -0.25) is 0 Å². The molecule has 0 unspecified atom stereocenters. The van der Waals surface area contributed by atoms with Gasteiger partial charge in [-0.25, -0.2) is 13.2 Å². The van der Waals surface area contributed by atoms with Crippen LogP contribution in [0.5, 0.6) is 5.75 Å². The zero-order valence-electron chi connectivity index (χ0n) is 16.8. The van der Waals surface area contributed by atoms with E-state index in [1.165, 1.54) is 12.1 Å². The van der Waals surface area contributed by atoms with Gasteiger partial charge in [0.05, 0.1) is 5.16 Å². The molecule has 0 bridgehead atoms. The summed E-state index contributed by atoms with van der Waals surface area (Å²) < 4.78 is 47.4. The Morgan fingerprint density at radius 1 is 1.00 bits per heavy atom. The first kappa shape index (κ1) is 25.2. The fraction of sp³-hybridized carbons (Fsp3) is 0.130. The Kier molecular flexibility index (Phi) is 8.52. The Morgan fingerprint density at radius 2 is 1.65 bits per heavy atom. The predicted molar refractivity (Wildman–Crippen MR) is 111 cm³/mol. The minimum atomic E-state index is -1.04. The molecule has 3 nitrogen and oxygen atoms in total. The number of ether oxygens (including phenoxy) is 1. The molecule has 0 spiro atoms. The number of hydrogen-bond acceptors (Lipinski definition) is 4. The van der Waals surface area contributed by atoms with Gasteiger partial charge in [0.2, 0.25) is 0 Å². The molecular formula is C23H15F3LaNO2S-. The molecule has 0 N–H and O–H groups in total. The van der Waals surface area contributed by atoms with E-state index in [0.717, 1.165) is 23.3 Å². The Hall–Kier alpha value is -2.09. The van der Waals surface area contributed by atoms with Crippen molar-refractivity contribution in [2.24, 2.45) is 4.99 Å².